The summed E-state index contributed by atoms with van der Waals surface area (Å²) in [6, 6.07) is 3.95. The fourth-order valence-electron chi connectivity index (χ4n) is 1.28. The molecule has 14 heavy (non-hydrogen) atoms. The average molecular weight is 216 g/mol. The molecular weight excluding hydrogens is 209 g/mol. The van der Waals surface area contributed by atoms with Crippen LogP contribution in [-0.4, -0.2) is 16.1 Å². The summed E-state index contributed by atoms with van der Waals surface area (Å²) in [5, 5.41) is 9.25. The molecule has 3 nitrogen and oxygen atoms in total. The number of hydrogen-bond acceptors (Lipinski definition) is 1. The van der Waals surface area contributed by atoms with E-state index in [0.717, 1.165) is 0 Å². The number of aromatic amines is 1. The smallest absolute Gasteiger partial charge is 0.337 e. The van der Waals surface area contributed by atoms with Crippen molar-refractivity contribution in [2.75, 3.05) is 0 Å². The van der Waals surface area contributed by atoms with Crippen LogP contribution in [0.3, 0.4) is 0 Å². The van der Waals surface area contributed by atoms with Crippen LogP contribution in [0.1, 0.15) is 10.4 Å². The third-order valence-electron chi connectivity index (χ3n) is 1.87. The van der Waals surface area contributed by atoms with Crippen LogP contribution in [0.15, 0.2) is 24.4 Å². The van der Waals surface area contributed by atoms with Gasteiger partial charge in [-0.05, 0) is 18.2 Å². The Morgan fingerprint density at radius 1 is 1.43 bits per heavy atom. The molecule has 0 saturated carbocycles. The lowest BCUT2D eigenvalue weighted by Crippen LogP contribution is -1.93. The molecule has 0 unspecified atom stereocenters. The molecule has 0 saturated heterocycles. The molecule has 0 aliphatic rings. The van der Waals surface area contributed by atoms with Gasteiger partial charge in [0.25, 0.3) is 0 Å². The van der Waals surface area contributed by atoms with E-state index in [4.69, 9.17) is 5.11 Å². The maximum Gasteiger partial charge on any atom is 0.337 e. The van der Waals surface area contributed by atoms with E-state index in [0.29, 0.717) is 10.9 Å². The number of aromatic nitrogens is 1. The van der Waals surface area contributed by atoms with E-state index < -0.39 is 5.97 Å². The Balaban J connectivity index is 0.000000980. The first kappa shape index (κ1) is 10.5. The fourth-order valence-corrected chi connectivity index (χ4v) is 1.28. The second-order valence-corrected chi connectivity index (χ2v) is 2.70. The zero-order chi connectivity index (χ0) is 9.42. The van der Waals surface area contributed by atoms with E-state index in [2.05, 4.69) is 4.98 Å². The zero-order valence-corrected chi connectivity index (χ0v) is 7.77. The van der Waals surface area contributed by atoms with Crippen LogP contribution >= 0.6 is 12.4 Å². The number of carbonyl (C=O) groups is 1. The number of halogens is 2. The highest BCUT2D eigenvalue weighted by Gasteiger charge is 2.09. The van der Waals surface area contributed by atoms with Crippen molar-refractivity contribution < 1.29 is 14.3 Å². The number of aromatic carboxylic acids is 1. The summed E-state index contributed by atoms with van der Waals surface area (Å²) in [6.45, 7) is 0. The number of nitrogens with one attached hydrogen (secondary N) is 1. The second kappa shape index (κ2) is 3.67. The minimum Gasteiger partial charge on any atom is -0.478 e. The van der Waals surface area contributed by atoms with Crippen molar-refractivity contribution in [3.05, 3.63) is 35.8 Å². The molecular formula is C9H7ClFNO2. The first-order valence-electron chi connectivity index (χ1n) is 3.68. The van der Waals surface area contributed by atoms with Crippen LogP contribution in [0.5, 0.6) is 0 Å². The lowest BCUT2D eigenvalue weighted by atomic mass is 10.2. The van der Waals surface area contributed by atoms with E-state index in [9.17, 15) is 9.18 Å². The van der Waals surface area contributed by atoms with Crippen molar-refractivity contribution in [3.63, 3.8) is 0 Å². The topological polar surface area (TPSA) is 53.1 Å². The molecule has 0 aliphatic heterocycles. The van der Waals surface area contributed by atoms with Gasteiger partial charge >= 0.3 is 5.97 Å². The Kier molecular flexibility index (Phi) is 2.76. The standard InChI is InChI=1S/C9H6FNO2.ClH/c10-5-1-2-6-7(9(12)13)4-11-8(6)3-5;/h1-4,11H,(H,12,13);1H. The van der Waals surface area contributed by atoms with Crippen molar-refractivity contribution >= 4 is 29.3 Å². The Labute approximate surface area is 85.0 Å². The highest BCUT2D eigenvalue weighted by atomic mass is 35.5. The van der Waals surface area contributed by atoms with Crippen LogP contribution < -0.4 is 0 Å². The van der Waals surface area contributed by atoms with E-state index in [-0.39, 0.29) is 23.8 Å². The van der Waals surface area contributed by atoms with E-state index in [1.54, 1.807) is 0 Å². The predicted molar refractivity (Wildman–Crippen MR) is 52.5 cm³/mol. The van der Waals surface area contributed by atoms with Crippen molar-refractivity contribution in [2.45, 2.75) is 0 Å². The predicted octanol–water partition coefficient (Wildman–Crippen LogP) is 2.43. The molecule has 2 N–H and O–H groups in total. The summed E-state index contributed by atoms with van der Waals surface area (Å²) >= 11 is 0. The highest BCUT2D eigenvalue weighted by Crippen LogP contribution is 2.18. The molecule has 74 valence electrons. The third-order valence-corrected chi connectivity index (χ3v) is 1.87. The van der Waals surface area contributed by atoms with Crippen molar-refractivity contribution in [1.82, 2.24) is 4.98 Å². The highest BCUT2D eigenvalue weighted by molar-refractivity contribution is 6.03. The number of rotatable bonds is 1. The minimum atomic E-state index is -1.02. The monoisotopic (exact) mass is 215 g/mol. The normalized spacial score (nSPS) is 9.79. The minimum absolute atomic E-state index is 0. The third kappa shape index (κ3) is 1.56. The van der Waals surface area contributed by atoms with E-state index in [1.165, 1.54) is 24.4 Å². The van der Waals surface area contributed by atoms with Gasteiger partial charge in [-0.3, -0.25) is 0 Å². The van der Waals surface area contributed by atoms with Gasteiger partial charge in [0.1, 0.15) is 5.82 Å². The number of benzene rings is 1. The maximum atomic E-state index is 12.7. The summed E-state index contributed by atoms with van der Waals surface area (Å²) in [7, 11) is 0. The van der Waals surface area contributed by atoms with Crippen molar-refractivity contribution in [2.24, 2.45) is 0 Å². The first-order chi connectivity index (χ1) is 6.18. The van der Waals surface area contributed by atoms with Crippen LogP contribution in [0, 0.1) is 5.82 Å². The van der Waals surface area contributed by atoms with Gasteiger partial charge in [-0.1, -0.05) is 0 Å². The molecule has 0 amide bonds. The Morgan fingerprint density at radius 3 is 2.79 bits per heavy atom. The number of hydrogen-bond donors (Lipinski definition) is 2. The van der Waals surface area contributed by atoms with Crippen LogP contribution in [-0.2, 0) is 0 Å². The molecule has 0 radical (unpaired) electrons. The molecule has 5 heteroatoms. The first-order valence-corrected chi connectivity index (χ1v) is 3.68. The van der Waals surface area contributed by atoms with Gasteiger partial charge in [0.15, 0.2) is 0 Å². The van der Waals surface area contributed by atoms with Gasteiger partial charge in [0, 0.05) is 17.1 Å². The summed E-state index contributed by atoms with van der Waals surface area (Å²) in [5.41, 5.74) is 0.660. The molecule has 1 heterocycles. The van der Waals surface area contributed by atoms with Gasteiger partial charge in [0.05, 0.1) is 5.56 Å². The van der Waals surface area contributed by atoms with Gasteiger partial charge in [-0.15, -0.1) is 12.4 Å². The molecule has 0 spiro atoms. The van der Waals surface area contributed by atoms with Crippen LogP contribution in [0.2, 0.25) is 0 Å². The number of fused-ring (bicyclic) bond motifs is 1. The average Bonchev–Trinajstić information content (AvgIpc) is 2.46. The molecule has 2 rings (SSSR count). The number of carboxylic acids is 1. The number of carboxylic acid groups (broad SMARTS) is 1. The molecule has 0 atom stereocenters. The summed E-state index contributed by atoms with van der Waals surface area (Å²) in [6.07, 6.45) is 1.35. The van der Waals surface area contributed by atoms with Gasteiger partial charge in [-0.25, -0.2) is 9.18 Å². The van der Waals surface area contributed by atoms with Crippen molar-refractivity contribution in [1.29, 1.82) is 0 Å². The summed E-state index contributed by atoms with van der Waals surface area (Å²) in [5.74, 6) is -1.40. The fraction of sp³-hybridized carbons (Fsp3) is 0. The van der Waals surface area contributed by atoms with E-state index in [1.807, 2.05) is 0 Å². The summed E-state index contributed by atoms with van der Waals surface area (Å²) < 4.78 is 12.7. The maximum absolute atomic E-state index is 12.7. The molecule has 2 aromatic rings. The Bertz CT molecular complexity index is 481. The molecule has 0 bridgehead atoms. The molecule has 1 aromatic heterocycles. The Hall–Kier alpha value is -1.55. The molecule has 1 aromatic carbocycles. The van der Waals surface area contributed by atoms with Crippen LogP contribution in [0.25, 0.3) is 10.9 Å². The van der Waals surface area contributed by atoms with Gasteiger partial charge in [-0.2, -0.15) is 0 Å². The van der Waals surface area contributed by atoms with Gasteiger partial charge in [0.2, 0.25) is 0 Å². The van der Waals surface area contributed by atoms with Gasteiger partial charge < -0.3 is 10.1 Å². The lowest BCUT2D eigenvalue weighted by molar-refractivity contribution is 0.0699. The van der Waals surface area contributed by atoms with E-state index >= 15 is 0 Å². The second-order valence-electron chi connectivity index (χ2n) is 2.70. The van der Waals surface area contributed by atoms with Crippen molar-refractivity contribution in [3.8, 4) is 0 Å². The number of H-pyrrole nitrogens is 1. The Morgan fingerprint density at radius 2 is 2.14 bits per heavy atom. The molecule has 0 aliphatic carbocycles. The quantitative estimate of drug-likeness (QED) is 0.768. The lowest BCUT2D eigenvalue weighted by Gasteiger charge is -1.91. The zero-order valence-electron chi connectivity index (χ0n) is 6.95. The molecule has 0 fully saturated rings. The largest absolute Gasteiger partial charge is 0.478 e. The SMILES string of the molecule is Cl.O=C(O)c1c[nH]c2cc(F)ccc12. The van der Waals surface area contributed by atoms with Crippen LogP contribution in [0.4, 0.5) is 4.39 Å². The summed E-state index contributed by atoms with van der Waals surface area (Å²) in [4.78, 5) is 13.3.